The minimum atomic E-state index is -0.426. The Morgan fingerprint density at radius 2 is 1.96 bits per heavy atom. The molecule has 0 aliphatic heterocycles. The standard InChI is InChI=1S/C17H13N3O5S/c1-22-12-6-9-15(8-13(12)23-2)26-17(18-9)19-16(21)10-7-14(25-20-10)11-4-3-5-24-11/h3-8H,1-2H3,(H,18,19,21). The second kappa shape index (κ2) is 6.52. The van der Waals surface area contributed by atoms with Crippen LogP contribution in [0.25, 0.3) is 21.7 Å². The van der Waals surface area contributed by atoms with Crippen molar-refractivity contribution < 1.29 is 23.2 Å². The third-order valence-corrected chi connectivity index (χ3v) is 4.55. The van der Waals surface area contributed by atoms with E-state index >= 15 is 0 Å². The molecule has 26 heavy (non-hydrogen) atoms. The van der Waals surface area contributed by atoms with Gasteiger partial charge in [0.05, 0.1) is 30.7 Å². The van der Waals surface area contributed by atoms with Gasteiger partial charge in [-0.15, -0.1) is 0 Å². The average Bonchev–Trinajstić information content (AvgIpc) is 3.38. The lowest BCUT2D eigenvalue weighted by molar-refractivity contribution is 0.101. The highest BCUT2D eigenvalue weighted by atomic mass is 32.1. The zero-order valence-corrected chi connectivity index (χ0v) is 14.6. The van der Waals surface area contributed by atoms with E-state index in [0.29, 0.717) is 33.7 Å². The summed E-state index contributed by atoms with van der Waals surface area (Å²) in [5, 5.41) is 6.91. The van der Waals surface area contributed by atoms with Crippen LogP contribution in [0, 0.1) is 0 Å². The number of furan rings is 1. The maximum atomic E-state index is 12.4. The van der Waals surface area contributed by atoms with Gasteiger partial charge in [-0.2, -0.15) is 0 Å². The normalized spacial score (nSPS) is 10.8. The molecule has 132 valence electrons. The zero-order chi connectivity index (χ0) is 18.1. The summed E-state index contributed by atoms with van der Waals surface area (Å²) < 4.78 is 21.7. The van der Waals surface area contributed by atoms with Crippen LogP contribution in [-0.2, 0) is 0 Å². The van der Waals surface area contributed by atoms with Crippen molar-refractivity contribution in [2.75, 3.05) is 19.5 Å². The van der Waals surface area contributed by atoms with E-state index in [4.69, 9.17) is 18.4 Å². The van der Waals surface area contributed by atoms with Crippen LogP contribution in [0.15, 0.2) is 45.5 Å². The molecule has 0 unspecified atom stereocenters. The van der Waals surface area contributed by atoms with Crippen LogP contribution in [0.5, 0.6) is 11.5 Å². The molecule has 0 fully saturated rings. The van der Waals surface area contributed by atoms with Gasteiger partial charge in [-0.05, 0) is 12.1 Å². The molecule has 9 heteroatoms. The molecule has 0 spiro atoms. The lowest BCUT2D eigenvalue weighted by Gasteiger charge is -2.05. The lowest BCUT2D eigenvalue weighted by atomic mass is 10.3. The van der Waals surface area contributed by atoms with Gasteiger partial charge >= 0.3 is 0 Å². The van der Waals surface area contributed by atoms with Crippen LogP contribution in [0.1, 0.15) is 10.5 Å². The maximum absolute atomic E-state index is 12.4. The van der Waals surface area contributed by atoms with Gasteiger partial charge in [-0.1, -0.05) is 16.5 Å². The topological polar surface area (TPSA) is 99.6 Å². The predicted molar refractivity (Wildman–Crippen MR) is 94.9 cm³/mol. The van der Waals surface area contributed by atoms with Gasteiger partial charge in [-0.3, -0.25) is 10.1 Å². The molecule has 0 bridgehead atoms. The number of aromatic nitrogens is 2. The second-order valence-corrected chi connectivity index (χ2v) is 6.23. The largest absolute Gasteiger partial charge is 0.493 e. The molecule has 1 amide bonds. The molecule has 1 N–H and O–H groups in total. The van der Waals surface area contributed by atoms with Crippen LogP contribution in [0.4, 0.5) is 5.13 Å². The Balaban J connectivity index is 1.57. The Bertz CT molecular complexity index is 1030. The van der Waals surface area contributed by atoms with Crippen molar-refractivity contribution in [2.45, 2.75) is 0 Å². The van der Waals surface area contributed by atoms with Crippen molar-refractivity contribution in [3.8, 4) is 23.0 Å². The number of rotatable bonds is 5. The zero-order valence-electron chi connectivity index (χ0n) is 13.8. The van der Waals surface area contributed by atoms with Crippen LogP contribution in [0.2, 0.25) is 0 Å². The van der Waals surface area contributed by atoms with E-state index in [1.807, 2.05) is 6.07 Å². The van der Waals surface area contributed by atoms with Crippen molar-refractivity contribution in [1.82, 2.24) is 10.1 Å². The average molecular weight is 371 g/mol. The summed E-state index contributed by atoms with van der Waals surface area (Å²) in [5.74, 6) is 1.61. The fourth-order valence-electron chi connectivity index (χ4n) is 2.39. The Labute approximate surface area is 151 Å². The van der Waals surface area contributed by atoms with E-state index in [1.54, 1.807) is 32.4 Å². The monoisotopic (exact) mass is 371 g/mol. The summed E-state index contributed by atoms with van der Waals surface area (Å²) >= 11 is 1.32. The van der Waals surface area contributed by atoms with E-state index < -0.39 is 5.91 Å². The third kappa shape index (κ3) is 2.88. The molecule has 0 aliphatic rings. The number of amides is 1. The molecule has 0 aliphatic carbocycles. The van der Waals surface area contributed by atoms with E-state index in [2.05, 4.69) is 15.5 Å². The number of hydrogen-bond donors (Lipinski definition) is 1. The molecular weight excluding hydrogens is 358 g/mol. The summed E-state index contributed by atoms with van der Waals surface area (Å²) in [5.41, 5.74) is 0.824. The summed E-state index contributed by atoms with van der Waals surface area (Å²) in [6, 6.07) is 8.52. The lowest BCUT2D eigenvalue weighted by Crippen LogP contribution is -2.11. The number of benzene rings is 1. The van der Waals surface area contributed by atoms with Gasteiger partial charge in [0.2, 0.25) is 5.76 Å². The number of thiazole rings is 1. The fourth-order valence-corrected chi connectivity index (χ4v) is 3.26. The molecule has 0 saturated carbocycles. The molecule has 0 saturated heterocycles. The first kappa shape index (κ1) is 16.2. The minimum Gasteiger partial charge on any atom is -0.493 e. The molecule has 4 rings (SSSR count). The Morgan fingerprint density at radius 1 is 1.15 bits per heavy atom. The van der Waals surface area contributed by atoms with Gasteiger partial charge in [-0.25, -0.2) is 4.98 Å². The first-order valence-electron chi connectivity index (χ1n) is 7.52. The SMILES string of the molecule is COc1cc2nc(NC(=O)c3cc(-c4ccco4)on3)sc2cc1OC. The highest BCUT2D eigenvalue weighted by Crippen LogP contribution is 2.36. The predicted octanol–water partition coefficient (Wildman–Crippen LogP) is 3.81. The van der Waals surface area contributed by atoms with Gasteiger partial charge in [0.1, 0.15) is 0 Å². The van der Waals surface area contributed by atoms with Gasteiger partial charge in [0, 0.05) is 18.2 Å². The first-order valence-corrected chi connectivity index (χ1v) is 8.34. The Kier molecular flexibility index (Phi) is 4.05. The van der Waals surface area contributed by atoms with Crippen LogP contribution < -0.4 is 14.8 Å². The van der Waals surface area contributed by atoms with Crippen molar-refractivity contribution >= 4 is 32.6 Å². The number of methoxy groups -OCH3 is 2. The number of hydrogen-bond acceptors (Lipinski definition) is 8. The van der Waals surface area contributed by atoms with Crippen molar-refractivity contribution in [3.63, 3.8) is 0 Å². The quantitative estimate of drug-likeness (QED) is 0.569. The summed E-state index contributed by atoms with van der Waals surface area (Å²) in [4.78, 5) is 16.8. The van der Waals surface area contributed by atoms with E-state index in [1.165, 1.54) is 23.7 Å². The molecule has 8 nitrogen and oxygen atoms in total. The number of nitrogens with zero attached hydrogens (tertiary/aromatic N) is 2. The van der Waals surface area contributed by atoms with Gasteiger partial charge < -0.3 is 18.4 Å². The maximum Gasteiger partial charge on any atom is 0.279 e. The van der Waals surface area contributed by atoms with E-state index in [9.17, 15) is 4.79 Å². The van der Waals surface area contributed by atoms with E-state index in [0.717, 1.165) is 4.70 Å². The molecule has 1 aromatic carbocycles. The first-order chi connectivity index (χ1) is 12.7. The third-order valence-electron chi connectivity index (χ3n) is 3.62. The molecule has 0 radical (unpaired) electrons. The number of ether oxygens (including phenoxy) is 2. The molecular formula is C17H13N3O5S. The summed E-state index contributed by atoms with van der Waals surface area (Å²) in [7, 11) is 3.12. The van der Waals surface area contributed by atoms with Crippen LogP contribution >= 0.6 is 11.3 Å². The number of fused-ring (bicyclic) bond motifs is 1. The second-order valence-electron chi connectivity index (χ2n) is 5.20. The van der Waals surface area contributed by atoms with Crippen molar-refractivity contribution in [3.05, 3.63) is 42.3 Å². The highest BCUT2D eigenvalue weighted by Gasteiger charge is 2.17. The molecule has 0 atom stereocenters. The number of carbonyl (C=O) groups excluding carboxylic acids is 1. The van der Waals surface area contributed by atoms with Crippen molar-refractivity contribution in [2.24, 2.45) is 0 Å². The summed E-state index contributed by atoms with van der Waals surface area (Å²) in [6.07, 6.45) is 1.52. The van der Waals surface area contributed by atoms with E-state index in [-0.39, 0.29) is 5.69 Å². The molecule has 3 aromatic heterocycles. The van der Waals surface area contributed by atoms with Crippen LogP contribution in [0.3, 0.4) is 0 Å². The molecule has 4 aromatic rings. The smallest absolute Gasteiger partial charge is 0.279 e. The Hall–Kier alpha value is -3.33. The fraction of sp³-hybridized carbons (Fsp3) is 0.118. The number of nitrogens with one attached hydrogen (secondary N) is 1. The van der Waals surface area contributed by atoms with Crippen LogP contribution in [-0.4, -0.2) is 30.3 Å². The molecule has 3 heterocycles. The minimum absolute atomic E-state index is 0.130. The number of anilines is 1. The number of carbonyl (C=O) groups is 1. The van der Waals surface area contributed by atoms with Gasteiger partial charge in [0.15, 0.2) is 28.1 Å². The highest BCUT2D eigenvalue weighted by molar-refractivity contribution is 7.22. The van der Waals surface area contributed by atoms with Crippen molar-refractivity contribution in [1.29, 1.82) is 0 Å². The Morgan fingerprint density at radius 3 is 2.69 bits per heavy atom. The van der Waals surface area contributed by atoms with Gasteiger partial charge in [0.25, 0.3) is 5.91 Å². The summed E-state index contributed by atoms with van der Waals surface area (Å²) in [6.45, 7) is 0.